The third-order valence-corrected chi connectivity index (χ3v) is 4.36. The second kappa shape index (κ2) is 8.96. The summed E-state index contributed by atoms with van der Waals surface area (Å²) in [4.78, 5) is 20.6. The van der Waals surface area contributed by atoms with Gasteiger partial charge in [-0.25, -0.2) is 0 Å². The molecule has 1 aliphatic rings. The number of carbonyl (C=O) groups excluding carboxylic acids is 1. The predicted molar refractivity (Wildman–Crippen MR) is 99.2 cm³/mol. The highest BCUT2D eigenvalue weighted by Gasteiger charge is 2.21. The van der Waals surface area contributed by atoms with Crippen molar-refractivity contribution < 1.29 is 18.8 Å². The molecule has 0 amide bonds. The van der Waals surface area contributed by atoms with E-state index in [1.807, 2.05) is 38.1 Å². The SMILES string of the molecule is COc1ccc(-c2noc(CN3CCN(CC(=O)OC(C)C)CC3)n2)cc1. The second-order valence-corrected chi connectivity index (χ2v) is 6.83. The number of benzene rings is 1. The lowest BCUT2D eigenvalue weighted by Crippen LogP contribution is -2.47. The first-order valence-electron chi connectivity index (χ1n) is 9.14. The number of methoxy groups -OCH3 is 1. The van der Waals surface area contributed by atoms with Crippen molar-refractivity contribution in [2.45, 2.75) is 26.5 Å². The summed E-state index contributed by atoms with van der Waals surface area (Å²) in [5, 5.41) is 4.06. The van der Waals surface area contributed by atoms with E-state index in [0.29, 0.717) is 24.8 Å². The molecule has 2 aromatic rings. The number of esters is 1. The fourth-order valence-electron chi connectivity index (χ4n) is 2.96. The third kappa shape index (κ3) is 5.51. The lowest BCUT2D eigenvalue weighted by atomic mass is 10.2. The molecule has 0 unspecified atom stereocenters. The lowest BCUT2D eigenvalue weighted by molar-refractivity contribution is -0.149. The van der Waals surface area contributed by atoms with Gasteiger partial charge in [0.15, 0.2) is 0 Å². The van der Waals surface area contributed by atoms with Gasteiger partial charge in [0.2, 0.25) is 11.7 Å². The molecule has 1 saturated heterocycles. The van der Waals surface area contributed by atoms with Crippen LogP contribution in [0, 0.1) is 0 Å². The van der Waals surface area contributed by atoms with Crippen LogP contribution in [-0.2, 0) is 16.1 Å². The fourth-order valence-corrected chi connectivity index (χ4v) is 2.96. The van der Waals surface area contributed by atoms with Gasteiger partial charge in [-0.1, -0.05) is 5.16 Å². The first kappa shape index (κ1) is 19.3. The molecule has 2 heterocycles. The van der Waals surface area contributed by atoms with E-state index >= 15 is 0 Å². The van der Waals surface area contributed by atoms with Crippen LogP contribution in [0.1, 0.15) is 19.7 Å². The molecule has 0 saturated carbocycles. The Labute approximate surface area is 159 Å². The Morgan fingerprint density at radius 1 is 1.15 bits per heavy atom. The van der Waals surface area contributed by atoms with Crippen molar-refractivity contribution in [2.75, 3.05) is 39.8 Å². The summed E-state index contributed by atoms with van der Waals surface area (Å²) in [6.07, 6.45) is -0.0730. The van der Waals surface area contributed by atoms with Gasteiger partial charge in [-0.15, -0.1) is 0 Å². The minimum absolute atomic E-state index is 0.0730. The molecule has 1 aliphatic heterocycles. The number of carbonyl (C=O) groups is 1. The molecular formula is C19H26N4O4. The van der Waals surface area contributed by atoms with Crippen molar-refractivity contribution in [1.29, 1.82) is 0 Å². The largest absolute Gasteiger partial charge is 0.497 e. The Balaban J connectivity index is 1.48. The molecule has 0 N–H and O–H groups in total. The van der Waals surface area contributed by atoms with Gasteiger partial charge < -0.3 is 14.0 Å². The Morgan fingerprint density at radius 2 is 1.81 bits per heavy atom. The zero-order valence-corrected chi connectivity index (χ0v) is 16.1. The standard InChI is InChI=1S/C19H26N4O4/c1-14(2)26-18(24)13-23-10-8-22(9-11-23)12-17-20-19(21-27-17)15-4-6-16(25-3)7-5-15/h4-7,14H,8-13H2,1-3H3. The molecular weight excluding hydrogens is 348 g/mol. The van der Waals surface area contributed by atoms with Crippen LogP contribution in [0.2, 0.25) is 0 Å². The minimum Gasteiger partial charge on any atom is -0.497 e. The lowest BCUT2D eigenvalue weighted by Gasteiger charge is -2.33. The third-order valence-electron chi connectivity index (χ3n) is 4.36. The van der Waals surface area contributed by atoms with Crippen LogP contribution in [0.15, 0.2) is 28.8 Å². The van der Waals surface area contributed by atoms with Crippen molar-refractivity contribution in [3.63, 3.8) is 0 Å². The van der Waals surface area contributed by atoms with Gasteiger partial charge in [-0.2, -0.15) is 4.98 Å². The van der Waals surface area contributed by atoms with Gasteiger partial charge >= 0.3 is 5.97 Å². The maximum atomic E-state index is 11.8. The molecule has 1 aromatic carbocycles. The van der Waals surface area contributed by atoms with Gasteiger partial charge in [-0.05, 0) is 38.1 Å². The summed E-state index contributed by atoms with van der Waals surface area (Å²) in [6.45, 7) is 7.98. The smallest absolute Gasteiger partial charge is 0.320 e. The molecule has 8 heteroatoms. The average Bonchev–Trinajstić information content (AvgIpc) is 3.11. The van der Waals surface area contributed by atoms with Gasteiger partial charge in [0.05, 0.1) is 26.3 Å². The number of nitrogens with zero attached hydrogens (tertiary/aromatic N) is 4. The monoisotopic (exact) mass is 374 g/mol. The Bertz CT molecular complexity index is 736. The van der Waals surface area contributed by atoms with Crippen molar-refractivity contribution in [1.82, 2.24) is 19.9 Å². The number of aromatic nitrogens is 2. The zero-order valence-electron chi connectivity index (χ0n) is 16.1. The predicted octanol–water partition coefficient (Wildman–Crippen LogP) is 1.81. The van der Waals surface area contributed by atoms with Crippen LogP contribution >= 0.6 is 0 Å². The maximum Gasteiger partial charge on any atom is 0.320 e. The second-order valence-electron chi connectivity index (χ2n) is 6.83. The highest BCUT2D eigenvalue weighted by atomic mass is 16.5. The molecule has 0 atom stereocenters. The quantitative estimate of drug-likeness (QED) is 0.679. The molecule has 27 heavy (non-hydrogen) atoms. The van der Waals surface area contributed by atoms with Crippen molar-refractivity contribution in [3.8, 4) is 17.1 Å². The van der Waals surface area contributed by atoms with E-state index in [2.05, 4.69) is 19.9 Å². The minimum atomic E-state index is -0.167. The molecule has 1 fully saturated rings. The Kier molecular flexibility index (Phi) is 6.41. The molecule has 8 nitrogen and oxygen atoms in total. The van der Waals surface area contributed by atoms with Crippen LogP contribution in [0.3, 0.4) is 0 Å². The van der Waals surface area contributed by atoms with Crippen LogP contribution in [0.4, 0.5) is 0 Å². The topological polar surface area (TPSA) is 80.9 Å². The zero-order chi connectivity index (χ0) is 19.2. The summed E-state index contributed by atoms with van der Waals surface area (Å²) in [7, 11) is 1.63. The molecule has 146 valence electrons. The van der Waals surface area contributed by atoms with Crippen LogP contribution in [0.25, 0.3) is 11.4 Å². The summed E-state index contributed by atoms with van der Waals surface area (Å²) in [5.41, 5.74) is 0.888. The molecule has 1 aromatic heterocycles. The Morgan fingerprint density at radius 3 is 2.44 bits per heavy atom. The number of hydrogen-bond acceptors (Lipinski definition) is 8. The van der Waals surface area contributed by atoms with Crippen LogP contribution < -0.4 is 4.74 Å². The van der Waals surface area contributed by atoms with Gasteiger partial charge in [0, 0.05) is 31.7 Å². The number of ether oxygens (including phenoxy) is 2. The van der Waals surface area contributed by atoms with Gasteiger partial charge in [-0.3, -0.25) is 14.6 Å². The van der Waals surface area contributed by atoms with E-state index < -0.39 is 0 Å². The van der Waals surface area contributed by atoms with E-state index in [9.17, 15) is 4.79 Å². The summed E-state index contributed by atoms with van der Waals surface area (Å²) >= 11 is 0. The molecule has 0 bridgehead atoms. The van der Waals surface area contributed by atoms with E-state index in [1.165, 1.54) is 0 Å². The first-order chi connectivity index (χ1) is 13.0. The highest BCUT2D eigenvalue weighted by molar-refractivity contribution is 5.71. The van der Waals surface area contributed by atoms with Gasteiger partial charge in [0.1, 0.15) is 5.75 Å². The maximum absolute atomic E-state index is 11.8. The van der Waals surface area contributed by atoms with Crippen LogP contribution in [0.5, 0.6) is 5.75 Å². The van der Waals surface area contributed by atoms with Crippen molar-refractivity contribution in [3.05, 3.63) is 30.2 Å². The normalized spacial score (nSPS) is 15.9. The summed E-state index contributed by atoms with van der Waals surface area (Å²) in [6, 6.07) is 7.55. The molecule has 3 rings (SSSR count). The van der Waals surface area contributed by atoms with E-state index in [-0.39, 0.29) is 12.1 Å². The first-order valence-corrected chi connectivity index (χ1v) is 9.14. The average molecular weight is 374 g/mol. The molecule has 0 aliphatic carbocycles. The summed E-state index contributed by atoms with van der Waals surface area (Å²) < 4.78 is 15.7. The van der Waals surface area contributed by atoms with Crippen molar-refractivity contribution in [2.24, 2.45) is 0 Å². The Hall–Kier alpha value is -2.45. The highest BCUT2D eigenvalue weighted by Crippen LogP contribution is 2.20. The number of rotatable bonds is 7. The van der Waals surface area contributed by atoms with E-state index in [1.54, 1.807) is 7.11 Å². The van der Waals surface area contributed by atoms with E-state index in [0.717, 1.165) is 37.5 Å². The number of piperazine rings is 1. The fraction of sp³-hybridized carbons (Fsp3) is 0.526. The molecule has 0 radical (unpaired) electrons. The van der Waals surface area contributed by atoms with Crippen molar-refractivity contribution >= 4 is 5.97 Å². The van der Waals surface area contributed by atoms with Gasteiger partial charge in [0.25, 0.3) is 0 Å². The van der Waals surface area contributed by atoms with E-state index in [4.69, 9.17) is 14.0 Å². The van der Waals surface area contributed by atoms with Crippen LogP contribution in [-0.4, -0.2) is 71.8 Å². The summed E-state index contributed by atoms with van der Waals surface area (Å²) in [5.74, 6) is 1.79. The molecule has 0 spiro atoms. The number of hydrogen-bond donors (Lipinski definition) is 0.